The van der Waals surface area contributed by atoms with E-state index in [0.717, 1.165) is 19.4 Å². The molecule has 0 unspecified atom stereocenters. The van der Waals surface area contributed by atoms with Crippen LogP contribution >= 0.6 is 23.2 Å². The second-order valence-corrected chi connectivity index (χ2v) is 10.1. The highest BCUT2D eigenvalue weighted by atomic mass is 35.5. The highest BCUT2D eigenvalue weighted by Crippen LogP contribution is 2.31. The minimum Gasteiger partial charge on any atom is -0.336 e. The second kappa shape index (κ2) is 8.80. The van der Waals surface area contributed by atoms with E-state index in [1.165, 1.54) is 17.7 Å². The molecule has 1 aromatic heterocycles. The van der Waals surface area contributed by atoms with Crippen molar-refractivity contribution in [1.29, 1.82) is 0 Å². The maximum absolute atomic E-state index is 13.1. The van der Waals surface area contributed by atoms with Gasteiger partial charge < -0.3 is 4.90 Å². The third-order valence-electron chi connectivity index (χ3n) is 5.26. The molecule has 7 nitrogen and oxygen atoms in total. The van der Waals surface area contributed by atoms with Gasteiger partial charge in [-0.2, -0.15) is 0 Å². The number of pyridine rings is 1. The summed E-state index contributed by atoms with van der Waals surface area (Å²) in [5.74, 6) is -0.289. The molecule has 1 aromatic carbocycles. The molecule has 10 heteroatoms. The van der Waals surface area contributed by atoms with E-state index in [-0.39, 0.29) is 32.5 Å². The molecule has 2 aliphatic rings. The Hall–Kier alpha value is -1.71. The van der Waals surface area contributed by atoms with Crippen LogP contribution in [0.3, 0.4) is 0 Å². The molecule has 1 N–H and O–H groups in total. The van der Waals surface area contributed by atoms with Crippen molar-refractivity contribution < 1.29 is 13.2 Å². The molecule has 1 saturated carbocycles. The van der Waals surface area contributed by atoms with Gasteiger partial charge in [0.2, 0.25) is 10.0 Å². The quantitative estimate of drug-likeness (QED) is 0.704. The molecule has 2 aromatic rings. The van der Waals surface area contributed by atoms with Crippen LogP contribution in [0.15, 0.2) is 41.6 Å². The molecule has 2 fully saturated rings. The molecule has 30 heavy (non-hydrogen) atoms. The van der Waals surface area contributed by atoms with E-state index in [4.69, 9.17) is 23.2 Å². The van der Waals surface area contributed by atoms with Crippen LogP contribution in [0, 0.1) is 0 Å². The Morgan fingerprint density at radius 2 is 1.73 bits per heavy atom. The van der Waals surface area contributed by atoms with Crippen LogP contribution < -0.4 is 4.72 Å². The predicted molar refractivity (Wildman–Crippen MR) is 115 cm³/mol. The number of amides is 1. The molecule has 0 bridgehead atoms. The molecule has 1 aliphatic heterocycles. The smallest absolute Gasteiger partial charge is 0.255 e. The zero-order valence-electron chi connectivity index (χ0n) is 16.2. The van der Waals surface area contributed by atoms with Crippen molar-refractivity contribution in [3.05, 3.63) is 57.8 Å². The zero-order chi connectivity index (χ0) is 21.3. The molecule has 0 spiro atoms. The van der Waals surface area contributed by atoms with Crippen LogP contribution in [0.4, 0.5) is 0 Å². The summed E-state index contributed by atoms with van der Waals surface area (Å²) in [6.07, 6.45) is 5.14. The lowest BCUT2D eigenvalue weighted by molar-refractivity contribution is 0.0628. The summed E-state index contributed by atoms with van der Waals surface area (Å²) < 4.78 is 27.8. The van der Waals surface area contributed by atoms with Gasteiger partial charge in [-0.05, 0) is 42.7 Å². The molecule has 1 aliphatic carbocycles. The number of benzene rings is 1. The number of piperazine rings is 1. The summed E-state index contributed by atoms with van der Waals surface area (Å²) in [7, 11) is -3.80. The topological polar surface area (TPSA) is 82.6 Å². The van der Waals surface area contributed by atoms with Crippen molar-refractivity contribution in [3.8, 4) is 0 Å². The first-order valence-corrected chi connectivity index (χ1v) is 12.0. The molecule has 0 atom stereocenters. The summed E-state index contributed by atoms with van der Waals surface area (Å²) in [6, 6.07) is 6.51. The number of nitrogens with one attached hydrogen (secondary N) is 1. The maximum atomic E-state index is 13.1. The van der Waals surface area contributed by atoms with Gasteiger partial charge in [-0.15, -0.1) is 0 Å². The van der Waals surface area contributed by atoms with Crippen molar-refractivity contribution in [1.82, 2.24) is 19.5 Å². The third-order valence-corrected chi connectivity index (χ3v) is 7.55. The fourth-order valence-corrected chi connectivity index (χ4v) is 5.57. The predicted octanol–water partition coefficient (Wildman–Crippen LogP) is 2.79. The Labute approximate surface area is 186 Å². The van der Waals surface area contributed by atoms with Crippen LogP contribution in [-0.4, -0.2) is 61.3 Å². The van der Waals surface area contributed by atoms with Crippen LogP contribution in [0.1, 0.15) is 28.8 Å². The standard InChI is InChI=1S/C20H22Cl2N4O3S/c21-17-12-18(22)19(30(28,29)24-15-1-2-15)11-16(17)20(27)26-9-7-25(8-10-26)13-14-3-5-23-6-4-14/h3-6,11-12,15,24H,1-2,7-10,13H2. The normalized spacial score (nSPS) is 17.9. The monoisotopic (exact) mass is 468 g/mol. The van der Waals surface area contributed by atoms with Crippen LogP contribution in [0.5, 0.6) is 0 Å². The number of carbonyl (C=O) groups is 1. The maximum Gasteiger partial charge on any atom is 0.255 e. The van der Waals surface area contributed by atoms with Crippen LogP contribution in [0.25, 0.3) is 0 Å². The number of hydrogen-bond donors (Lipinski definition) is 1. The Morgan fingerprint density at radius 3 is 2.37 bits per heavy atom. The molecule has 1 amide bonds. The molecule has 4 rings (SSSR count). The summed E-state index contributed by atoms with van der Waals surface area (Å²) in [4.78, 5) is 20.9. The van der Waals surface area contributed by atoms with Gasteiger partial charge in [0.25, 0.3) is 5.91 Å². The van der Waals surface area contributed by atoms with Gasteiger partial charge in [0.15, 0.2) is 0 Å². The Balaban J connectivity index is 1.46. The number of nitrogens with zero attached hydrogens (tertiary/aromatic N) is 3. The summed E-state index contributed by atoms with van der Waals surface area (Å²) >= 11 is 12.4. The van der Waals surface area contributed by atoms with Gasteiger partial charge >= 0.3 is 0 Å². The van der Waals surface area contributed by atoms with Gasteiger partial charge in [-0.3, -0.25) is 14.7 Å². The van der Waals surface area contributed by atoms with E-state index >= 15 is 0 Å². The number of sulfonamides is 1. The van der Waals surface area contributed by atoms with E-state index in [1.807, 2.05) is 12.1 Å². The fraction of sp³-hybridized carbons (Fsp3) is 0.400. The average molecular weight is 469 g/mol. The average Bonchev–Trinajstić information content (AvgIpc) is 3.52. The van der Waals surface area contributed by atoms with E-state index in [9.17, 15) is 13.2 Å². The number of rotatable bonds is 6. The van der Waals surface area contributed by atoms with Crippen LogP contribution in [0.2, 0.25) is 10.0 Å². The molecule has 2 heterocycles. The zero-order valence-corrected chi connectivity index (χ0v) is 18.6. The molecular formula is C20H22Cl2N4O3S. The lowest BCUT2D eigenvalue weighted by Crippen LogP contribution is -2.48. The van der Waals surface area contributed by atoms with Gasteiger partial charge in [0, 0.05) is 51.2 Å². The fourth-order valence-electron chi connectivity index (χ4n) is 3.41. The van der Waals surface area contributed by atoms with Crippen molar-refractivity contribution >= 4 is 39.1 Å². The first-order valence-electron chi connectivity index (χ1n) is 9.75. The Kier molecular flexibility index (Phi) is 6.31. The number of halogens is 2. The summed E-state index contributed by atoms with van der Waals surface area (Å²) in [5, 5.41) is 0.154. The van der Waals surface area contributed by atoms with E-state index < -0.39 is 10.0 Å². The van der Waals surface area contributed by atoms with Gasteiger partial charge in [-0.25, -0.2) is 13.1 Å². The number of aromatic nitrogens is 1. The van der Waals surface area contributed by atoms with Crippen molar-refractivity contribution in [2.24, 2.45) is 0 Å². The summed E-state index contributed by atoms with van der Waals surface area (Å²) in [5.41, 5.74) is 1.32. The SMILES string of the molecule is O=C(c1cc(S(=O)(=O)NC2CC2)c(Cl)cc1Cl)N1CCN(Cc2ccncc2)CC1. The first-order chi connectivity index (χ1) is 14.3. The minimum atomic E-state index is -3.80. The van der Waals surface area contributed by atoms with Crippen molar-refractivity contribution in [3.63, 3.8) is 0 Å². The highest BCUT2D eigenvalue weighted by molar-refractivity contribution is 7.89. The largest absolute Gasteiger partial charge is 0.336 e. The lowest BCUT2D eigenvalue weighted by Gasteiger charge is -2.35. The van der Waals surface area contributed by atoms with Crippen molar-refractivity contribution in [2.45, 2.75) is 30.3 Å². The molecule has 1 saturated heterocycles. The van der Waals surface area contributed by atoms with E-state index in [1.54, 1.807) is 17.3 Å². The van der Waals surface area contributed by atoms with Crippen molar-refractivity contribution in [2.75, 3.05) is 26.2 Å². The molecule has 160 valence electrons. The number of carbonyl (C=O) groups excluding carboxylic acids is 1. The summed E-state index contributed by atoms with van der Waals surface area (Å²) in [6.45, 7) is 3.29. The highest BCUT2D eigenvalue weighted by Gasteiger charge is 2.31. The van der Waals surface area contributed by atoms with Crippen LogP contribution in [-0.2, 0) is 16.6 Å². The number of hydrogen-bond acceptors (Lipinski definition) is 5. The minimum absolute atomic E-state index is 0.00636. The van der Waals surface area contributed by atoms with Gasteiger partial charge in [0.1, 0.15) is 4.90 Å². The molecular weight excluding hydrogens is 447 g/mol. The van der Waals surface area contributed by atoms with E-state index in [0.29, 0.717) is 26.2 Å². The lowest BCUT2D eigenvalue weighted by atomic mass is 10.1. The second-order valence-electron chi connectivity index (χ2n) is 7.58. The first kappa shape index (κ1) is 21.5. The van der Waals surface area contributed by atoms with E-state index in [2.05, 4.69) is 14.6 Å². The van der Waals surface area contributed by atoms with Gasteiger partial charge in [0.05, 0.1) is 15.6 Å². The third kappa shape index (κ3) is 4.95. The van der Waals surface area contributed by atoms with Gasteiger partial charge in [-0.1, -0.05) is 23.2 Å². The Bertz CT molecular complexity index is 1040. The molecule has 0 radical (unpaired) electrons. The Morgan fingerprint density at radius 1 is 1.07 bits per heavy atom.